The van der Waals surface area contributed by atoms with Gasteiger partial charge in [0.2, 0.25) is 0 Å². The SMILES string of the molecule is O=Cc1cnn(-c2ccn(C(F)F)c(=O)c2)c1. The first kappa shape index (κ1) is 11.2. The number of hydrogen-bond donors (Lipinski definition) is 0. The lowest BCUT2D eigenvalue weighted by molar-refractivity contribution is 0.0663. The average Bonchev–Trinajstić information content (AvgIpc) is 2.76. The number of carbonyl (C=O) groups is 1. The minimum Gasteiger partial charge on any atom is -0.298 e. The predicted octanol–water partition coefficient (Wildman–Crippen LogP) is 1.24. The van der Waals surface area contributed by atoms with Crippen LogP contribution >= 0.6 is 0 Å². The van der Waals surface area contributed by atoms with Gasteiger partial charge in [-0.15, -0.1) is 0 Å². The molecule has 0 bridgehead atoms. The van der Waals surface area contributed by atoms with Crippen molar-refractivity contribution in [2.45, 2.75) is 6.55 Å². The van der Waals surface area contributed by atoms with Crippen LogP contribution in [0.2, 0.25) is 0 Å². The fourth-order valence-electron chi connectivity index (χ4n) is 1.32. The van der Waals surface area contributed by atoms with E-state index in [9.17, 15) is 18.4 Å². The van der Waals surface area contributed by atoms with E-state index in [0.717, 1.165) is 12.3 Å². The maximum Gasteiger partial charge on any atom is 0.321 e. The van der Waals surface area contributed by atoms with Crippen LogP contribution in [-0.2, 0) is 0 Å². The molecule has 0 radical (unpaired) electrons. The first-order valence-corrected chi connectivity index (χ1v) is 4.62. The summed E-state index contributed by atoms with van der Waals surface area (Å²) in [5.41, 5.74) is -0.177. The van der Waals surface area contributed by atoms with Crippen LogP contribution in [0.15, 0.2) is 35.5 Å². The summed E-state index contributed by atoms with van der Waals surface area (Å²) in [6, 6.07) is 2.34. The van der Waals surface area contributed by atoms with Crippen molar-refractivity contribution in [3.05, 3.63) is 46.6 Å². The van der Waals surface area contributed by atoms with Gasteiger partial charge in [-0.05, 0) is 6.07 Å². The molecule has 2 aromatic heterocycles. The number of aromatic nitrogens is 3. The second-order valence-electron chi connectivity index (χ2n) is 3.24. The first-order chi connectivity index (χ1) is 8.11. The molecule has 0 aliphatic carbocycles. The van der Waals surface area contributed by atoms with E-state index < -0.39 is 12.1 Å². The summed E-state index contributed by atoms with van der Waals surface area (Å²) in [7, 11) is 0. The summed E-state index contributed by atoms with van der Waals surface area (Å²) in [6.45, 7) is -2.88. The van der Waals surface area contributed by atoms with Crippen LogP contribution in [0, 0.1) is 0 Å². The molecule has 0 N–H and O–H groups in total. The van der Waals surface area contributed by atoms with Crippen molar-refractivity contribution in [3.8, 4) is 5.69 Å². The van der Waals surface area contributed by atoms with Crippen LogP contribution in [0.5, 0.6) is 0 Å². The normalized spacial score (nSPS) is 10.8. The van der Waals surface area contributed by atoms with Crippen molar-refractivity contribution in [1.29, 1.82) is 0 Å². The zero-order valence-corrected chi connectivity index (χ0v) is 8.46. The summed E-state index contributed by atoms with van der Waals surface area (Å²) in [5, 5.41) is 3.82. The maximum absolute atomic E-state index is 12.3. The smallest absolute Gasteiger partial charge is 0.298 e. The van der Waals surface area contributed by atoms with Crippen molar-refractivity contribution in [2.75, 3.05) is 0 Å². The van der Waals surface area contributed by atoms with Crippen LogP contribution in [0.1, 0.15) is 16.9 Å². The molecule has 2 aromatic rings. The molecule has 0 unspecified atom stereocenters. The molecule has 2 heterocycles. The molecule has 5 nitrogen and oxygen atoms in total. The van der Waals surface area contributed by atoms with E-state index >= 15 is 0 Å². The van der Waals surface area contributed by atoms with Crippen LogP contribution < -0.4 is 5.56 Å². The number of rotatable bonds is 3. The van der Waals surface area contributed by atoms with Crippen LogP contribution in [0.3, 0.4) is 0 Å². The Morgan fingerprint density at radius 1 is 1.41 bits per heavy atom. The summed E-state index contributed by atoms with van der Waals surface area (Å²) in [6.07, 6.45) is 4.29. The average molecular weight is 239 g/mol. The standard InChI is InChI=1S/C10H7F2N3O2/c11-10(12)14-2-1-8(3-9(14)17)15-5-7(6-16)4-13-15/h1-6,10H. The summed E-state index contributed by atoms with van der Waals surface area (Å²) in [5.74, 6) is 0. The van der Waals surface area contributed by atoms with Gasteiger partial charge in [0.15, 0.2) is 6.29 Å². The number of aldehydes is 1. The van der Waals surface area contributed by atoms with Gasteiger partial charge in [-0.1, -0.05) is 0 Å². The van der Waals surface area contributed by atoms with Gasteiger partial charge in [0.05, 0.1) is 17.4 Å². The van der Waals surface area contributed by atoms with Crippen molar-refractivity contribution in [3.63, 3.8) is 0 Å². The zero-order valence-electron chi connectivity index (χ0n) is 8.46. The Labute approximate surface area is 93.9 Å². The Kier molecular flexibility index (Phi) is 2.82. The summed E-state index contributed by atoms with van der Waals surface area (Å²) >= 11 is 0. The Hall–Kier alpha value is -2.31. The van der Waals surface area contributed by atoms with E-state index in [2.05, 4.69) is 5.10 Å². The third kappa shape index (κ3) is 2.12. The fraction of sp³-hybridized carbons (Fsp3) is 0.100. The highest BCUT2D eigenvalue weighted by molar-refractivity contribution is 5.73. The quantitative estimate of drug-likeness (QED) is 0.757. The lowest BCUT2D eigenvalue weighted by atomic mass is 10.4. The molecule has 0 fully saturated rings. The van der Waals surface area contributed by atoms with E-state index in [1.807, 2.05) is 0 Å². The number of alkyl halides is 2. The monoisotopic (exact) mass is 239 g/mol. The molecule has 2 rings (SSSR count). The fourth-order valence-corrected chi connectivity index (χ4v) is 1.32. The third-order valence-corrected chi connectivity index (χ3v) is 2.15. The Morgan fingerprint density at radius 2 is 2.18 bits per heavy atom. The molecule has 0 atom stereocenters. The topological polar surface area (TPSA) is 56.9 Å². The second-order valence-corrected chi connectivity index (χ2v) is 3.24. The van der Waals surface area contributed by atoms with Crippen LogP contribution in [0.4, 0.5) is 8.78 Å². The van der Waals surface area contributed by atoms with Crippen LogP contribution in [-0.4, -0.2) is 20.6 Å². The molecule has 0 aliphatic rings. The highest BCUT2D eigenvalue weighted by atomic mass is 19.3. The van der Waals surface area contributed by atoms with E-state index in [1.54, 1.807) is 0 Å². The van der Waals surface area contributed by atoms with Crippen molar-refractivity contribution < 1.29 is 13.6 Å². The molecule has 0 saturated heterocycles. The van der Waals surface area contributed by atoms with E-state index in [-0.39, 0.29) is 0 Å². The molecule has 0 aromatic carbocycles. The summed E-state index contributed by atoms with van der Waals surface area (Å²) < 4.78 is 26.2. The molecule has 7 heteroatoms. The third-order valence-electron chi connectivity index (χ3n) is 2.15. The number of carbonyl (C=O) groups excluding carboxylic acids is 1. The Bertz CT molecular complexity index is 604. The van der Waals surface area contributed by atoms with Gasteiger partial charge in [0.1, 0.15) is 0 Å². The van der Waals surface area contributed by atoms with Crippen molar-refractivity contribution >= 4 is 6.29 Å². The van der Waals surface area contributed by atoms with Gasteiger partial charge in [-0.25, -0.2) is 4.68 Å². The Balaban J connectivity index is 2.44. The minimum atomic E-state index is -2.88. The predicted molar refractivity (Wildman–Crippen MR) is 54.5 cm³/mol. The molecular weight excluding hydrogens is 232 g/mol. The largest absolute Gasteiger partial charge is 0.321 e. The molecule has 0 aliphatic heterocycles. The number of halogens is 2. The molecule has 17 heavy (non-hydrogen) atoms. The Morgan fingerprint density at radius 3 is 2.71 bits per heavy atom. The van der Waals surface area contributed by atoms with E-state index in [4.69, 9.17) is 0 Å². The molecule has 0 saturated carbocycles. The molecule has 0 amide bonds. The van der Waals surface area contributed by atoms with E-state index in [1.165, 1.54) is 23.1 Å². The van der Waals surface area contributed by atoms with E-state index in [0.29, 0.717) is 22.1 Å². The van der Waals surface area contributed by atoms with Crippen molar-refractivity contribution in [1.82, 2.24) is 14.3 Å². The molecular formula is C10H7F2N3O2. The zero-order chi connectivity index (χ0) is 12.4. The van der Waals surface area contributed by atoms with Gasteiger partial charge >= 0.3 is 6.55 Å². The second kappa shape index (κ2) is 4.28. The van der Waals surface area contributed by atoms with Crippen LogP contribution in [0.25, 0.3) is 5.69 Å². The van der Waals surface area contributed by atoms with Gasteiger partial charge in [-0.3, -0.25) is 14.2 Å². The number of nitrogens with zero attached hydrogens (tertiary/aromatic N) is 3. The van der Waals surface area contributed by atoms with Gasteiger partial charge < -0.3 is 0 Å². The lowest BCUT2D eigenvalue weighted by Crippen LogP contribution is -2.20. The van der Waals surface area contributed by atoms with Gasteiger partial charge in [-0.2, -0.15) is 13.9 Å². The lowest BCUT2D eigenvalue weighted by Gasteiger charge is -2.05. The number of hydrogen-bond acceptors (Lipinski definition) is 3. The maximum atomic E-state index is 12.3. The first-order valence-electron chi connectivity index (χ1n) is 4.62. The molecule has 0 spiro atoms. The van der Waals surface area contributed by atoms with Crippen molar-refractivity contribution in [2.24, 2.45) is 0 Å². The minimum absolute atomic E-state index is 0.299. The molecule has 88 valence electrons. The van der Waals surface area contributed by atoms with Gasteiger partial charge in [0.25, 0.3) is 5.56 Å². The number of pyridine rings is 1. The highest BCUT2D eigenvalue weighted by Crippen LogP contribution is 2.09. The highest BCUT2D eigenvalue weighted by Gasteiger charge is 2.08. The summed E-state index contributed by atoms with van der Waals surface area (Å²) in [4.78, 5) is 21.7. The van der Waals surface area contributed by atoms with Gasteiger partial charge in [0, 0.05) is 18.5 Å².